The van der Waals surface area contributed by atoms with Crippen LogP contribution in [0.2, 0.25) is 0 Å². The molecule has 102 valence electrons. The monoisotopic (exact) mass is 263 g/mol. The molecule has 0 saturated heterocycles. The number of benzene rings is 1. The van der Waals surface area contributed by atoms with Crippen LogP contribution in [-0.4, -0.2) is 36.7 Å². The van der Waals surface area contributed by atoms with Gasteiger partial charge in [0.15, 0.2) is 6.04 Å². The number of nitrogens with one attached hydrogen (secondary N) is 1. The molecule has 1 aromatic rings. The van der Waals surface area contributed by atoms with Gasteiger partial charge in [-0.25, -0.2) is 4.79 Å². The minimum absolute atomic E-state index is 0.233. The Bertz CT molecular complexity index is 468. The molecule has 1 unspecified atom stereocenters. The van der Waals surface area contributed by atoms with Crippen LogP contribution >= 0.6 is 0 Å². The number of hydrogen-bond donors (Lipinski definition) is 2. The van der Waals surface area contributed by atoms with Gasteiger partial charge in [-0.15, -0.1) is 0 Å². The lowest BCUT2D eigenvalue weighted by atomic mass is 9.95. The predicted octanol–water partition coefficient (Wildman–Crippen LogP) is 0.368. The number of aliphatic hydroxyl groups is 1. The van der Waals surface area contributed by atoms with Crippen LogP contribution in [0.1, 0.15) is 18.4 Å². The van der Waals surface area contributed by atoms with E-state index in [1.807, 2.05) is 30.3 Å². The highest BCUT2D eigenvalue weighted by molar-refractivity contribution is 5.94. The van der Waals surface area contributed by atoms with Gasteiger partial charge in [-0.3, -0.25) is 4.79 Å². The van der Waals surface area contributed by atoms with Crippen molar-refractivity contribution in [2.45, 2.75) is 24.3 Å². The van der Waals surface area contributed by atoms with E-state index >= 15 is 0 Å². The Morgan fingerprint density at radius 1 is 1.37 bits per heavy atom. The van der Waals surface area contributed by atoms with Crippen LogP contribution in [0.4, 0.5) is 0 Å². The standard InChI is InChI=1S/C14H17NO4/c1-19-12(17)11(9-16)15-13(18)14(7-8-14)10-5-3-2-4-6-10/h2-6,11,16H,7-9H2,1H3,(H,15,18). The smallest absolute Gasteiger partial charge is 0.330 e. The van der Waals surface area contributed by atoms with E-state index in [1.54, 1.807) is 0 Å². The zero-order chi connectivity index (χ0) is 13.9. The number of esters is 1. The molecule has 1 amide bonds. The van der Waals surface area contributed by atoms with E-state index in [0.717, 1.165) is 18.4 Å². The largest absolute Gasteiger partial charge is 0.467 e. The van der Waals surface area contributed by atoms with Crippen molar-refractivity contribution in [1.82, 2.24) is 5.32 Å². The summed E-state index contributed by atoms with van der Waals surface area (Å²) in [6.07, 6.45) is 1.50. The van der Waals surface area contributed by atoms with E-state index in [9.17, 15) is 9.59 Å². The Morgan fingerprint density at radius 3 is 2.47 bits per heavy atom. The third-order valence-corrected chi connectivity index (χ3v) is 3.48. The highest BCUT2D eigenvalue weighted by Crippen LogP contribution is 2.48. The first-order valence-corrected chi connectivity index (χ1v) is 6.19. The number of amides is 1. The molecule has 5 nitrogen and oxygen atoms in total. The Hall–Kier alpha value is -1.88. The summed E-state index contributed by atoms with van der Waals surface area (Å²) in [5.41, 5.74) is 0.386. The van der Waals surface area contributed by atoms with Gasteiger partial charge < -0.3 is 15.2 Å². The molecule has 0 heterocycles. The lowest BCUT2D eigenvalue weighted by Gasteiger charge is -2.19. The predicted molar refractivity (Wildman–Crippen MR) is 68.4 cm³/mol. The maximum Gasteiger partial charge on any atom is 0.330 e. The van der Waals surface area contributed by atoms with Crippen molar-refractivity contribution in [2.75, 3.05) is 13.7 Å². The van der Waals surface area contributed by atoms with Crippen molar-refractivity contribution in [3.05, 3.63) is 35.9 Å². The number of rotatable bonds is 5. The Balaban J connectivity index is 2.10. The van der Waals surface area contributed by atoms with Gasteiger partial charge in [-0.1, -0.05) is 30.3 Å². The van der Waals surface area contributed by atoms with Crippen molar-refractivity contribution in [1.29, 1.82) is 0 Å². The molecule has 1 aliphatic rings. The maximum absolute atomic E-state index is 12.3. The summed E-state index contributed by atoms with van der Waals surface area (Å²) in [7, 11) is 1.22. The summed E-state index contributed by atoms with van der Waals surface area (Å²) < 4.78 is 4.53. The van der Waals surface area contributed by atoms with Crippen LogP contribution in [0, 0.1) is 0 Å². The molecule has 0 bridgehead atoms. The molecule has 1 saturated carbocycles. The highest BCUT2D eigenvalue weighted by Gasteiger charge is 2.51. The first-order valence-electron chi connectivity index (χ1n) is 6.19. The average molecular weight is 263 g/mol. The molecule has 0 spiro atoms. The van der Waals surface area contributed by atoms with Crippen LogP contribution in [-0.2, 0) is 19.7 Å². The Labute approximate surface area is 111 Å². The van der Waals surface area contributed by atoms with Gasteiger partial charge in [0.25, 0.3) is 0 Å². The number of carbonyl (C=O) groups excluding carboxylic acids is 2. The van der Waals surface area contributed by atoms with Crippen LogP contribution in [0.25, 0.3) is 0 Å². The van der Waals surface area contributed by atoms with Gasteiger partial charge in [0.1, 0.15) is 0 Å². The maximum atomic E-state index is 12.3. The SMILES string of the molecule is COC(=O)C(CO)NC(=O)C1(c2ccccc2)CC1. The first-order chi connectivity index (χ1) is 9.14. The van der Waals surface area contributed by atoms with E-state index in [-0.39, 0.29) is 5.91 Å². The van der Waals surface area contributed by atoms with Crippen molar-refractivity contribution < 1.29 is 19.4 Å². The molecule has 0 aromatic heterocycles. The van der Waals surface area contributed by atoms with Crippen LogP contribution in [0.3, 0.4) is 0 Å². The molecule has 1 aromatic carbocycles. The van der Waals surface area contributed by atoms with Gasteiger partial charge in [-0.05, 0) is 18.4 Å². The van der Waals surface area contributed by atoms with Gasteiger partial charge >= 0.3 is 5.97 Å². The molecule has 0 radical (unpaired) electrons. The van der Waals surface area contributed by atoms with Crippen LogP contribution in [0.5, 0.6) is 0 Å². The summed E-state index contributed by atoms with van der Waals surface area (Å²) >= 11 is 0. The second kappa shape index (κ2) is 5.40. The third-order valence-electron chi connectivity index (χ3n) is 3.48. The molecule has 0 aliphatic heterocycles. The van der Waals surface area contributed by atoms with Crippen molar-refractivity contribution in [3.63, 3.8) is 0 Å². The van der Waals surface area contributed by atoms with E-state index in [1.165, 1.54) is 7.11 Å². The zero-order valence-electron chi connectivity index (χ0n) is 10.8. The fraction of sp³-hybridized carbons (Fsp3) is 0.429. The van der Waals surface area contributed by atoms with E-state index in [4.69, 9.17) is 5.11 Å². The fourth-order valence-electron chi connectivity index (χ4n) is 2.15. The van der Waals surface area contributed by atoms with Gasteiger partial charge in [0.05, 0.1) is 19.1 Å². The van der Waals surface area contributed by atoms with E-state index in [0.29, 0.717) is 0 Å². The molecule has 2 N–H and O–H groups in total. The highest BCUT2D eigenvalue weighted by atomic mass is 16.5. The van der Waals surface area contributed by atoms with Crippen LogP contribution < -0.4 is 5.32 Å². The molecule has 5 heteroatoms. The van der Waals surface area contributed by atoms with Gasteiger partial charge in [0, 0.05) is 0 Å². The lowest BCUT2D eigenvalue weighted by molar-refractivity contribution is -0.146. The summed E-state index contributed by atoms with van der Waals surface area (Å²) in [6, 6.07) is 8.46. The molecular formula is C14H17NO4. The minimum Gasteiger partial charge on any atom is -0.467 e. The summed E-state index contributed by atoms with van der Waals surface area (Å²) in [4.78, 5) is 23.7. The lowest BCUT2D eigenvalue weighted by Crippen LogP contribution is -2.48. The number of aliphatic hydroxyl groups excluding tert-OH is 1. The summed E-state index contributed by atoms with van der Waals surface area (Å²) in [5.74, 6) is -0.872. The minimum atomic E-state index is -1.00. The van der Waals surface area contributed by atoms with Gasteiger partial charge in [0.2, 0.25) is 5.91 Å². The number of ether oxygens (including phenoxy) is 1. The molecule has 1 fully saturated rings. The second-order valence-corrected chi connectivity index (χ2v) is 4.68. The molecule has 2 rings (SSSR count). The van der Waals surface area contributed by atoms with Gasteiger partial charge in [-0.2, -0.15) is 0 Å². The molecular weight excluding hydrogens is 246 g/mol. The van der Waals surface area contributed by atoms with Crippen molar-refractivity contribution in [2.24, 2.45) is 0 Å². The zero-order valence-corrected chi connectivity index (χ0v) is 10.8. The average Bonchev–Trinajstić information content (AvgIpc) is 3.26. The Morgan fingerprint density at radius 2 is 2.00 bits per heavy atom. The van der Waals surface area contributed by atoms with Crippen LogP contribution in [0.15, 0.2) is 30.3 Å². The van der Waals surface area contributed by atoms with Crippen molar-refractivity contribution in [3.8, 4) is 0 Å². The number of methoxy groups -OCH3 is 1. The molecule has 1 atom stereocenters. The number of carbonyl (C=O) groups is 2. The second-order valence-electron chi connectivity index (χ2n) is 4.68. The number of hydrogen-bond acceptors (Lipinski definition) is 4. The van der Waals surface area contributed by atoms with Crippen molar-refractivity contribution >= 4 is 11.9 Å². The Kier molecular flexibility index (Phi) is 3.85. The molecule has 19 heavy (non-hydrogen) atoms. The normalized spacial score (nSPS) is 17.4. The topological polar surface area (TPSA) is 75.6 Å². The summed E-state index contributed by atoms with van der Waals surface area (Å²) in [5, 5.41) is 11.7. The third kappa shape index (κ3) is 2.61. The van der Waals surface area contributed by atoms with E-state index < -0.39 is 24.0 Å². The summed E-state index contributed by atoms with van der Waals surface area (Å²) in [6.45, 7) is -0.469. The molecule has 1 aliphatic carbocycles. The fourth-order valence-corrected chi connectivity index (χ4v) is 2.15. The van der Waals surface area contributed by atoms with E-state index in [2.05, 4.69) is 10.1 Å². The quantitative estimate of drug-likeness (QED) is 0.752. The first kappa shape index (κ1) is 13.5.